The van der Waals surface area contributed by atoms with Gasteiger partial charge in [0, 0.05) is 30.6 Å². The second-order valence-electron chi connectivity index (χ2n) is 4.90. The van der Waals surface area contributed by atoms with Crippen LogP contribution in [-0.2, 0) is 13.0 Å². The quantitative estimate of drug-likeness (QED) is 0.889. The number of nitrogens with one attached hydrogen (secondary N) is 1. The number of aromatic nitrogens is 1. The molecule has 0 fully saturated rings. The molecule has 3 heteroatoms. The summed E-state index contributed by atoms with van der Waals surface area (Å²) in [6.45, 7) is 7.45. The fourth-order valence-corrected chi connectivity index (χ4v) is 2.49. The molecule has 0 saturated carbocycles. The van der Waals surface area contributed by atoms with Gasteiger partial charge in [0.25, 0.3) is 0 Å². The molecule has 96 valence electrons. The zero-order valence-corrected chi connectivity index (χ0v) is 12.1. The Hall–Kier alpha value is -1.19. The molecule has 18 heavy (non-hydrogen) atoms. The van der Waals surface area contributed by atoms with Gasteiger partial charge in [0.05, 0.1) is 5.01 Å². The molecule has 0 amide bonds. The molecule has 2 nitrogen and oxygen atoms in total. The van der Waals surface area contributed by atoms with Crippen LogP contribution in [0.15, 0.2) is 29.8 Å². The Balaban J connectivity index is 2.11. The lowest BCUT2D eigenvalue weighted by Gasteiger charge is -2.11. The van der Waals surface area contributed by atoms with Gasteiger partial charge in [-0.15, -0.1) is 11.3 Å². The molecule has 0 saturated heterocycles. The van der Waals surface area contributed by atoms with E-state index < -0.39 is 0 Å². The first-order chi connectivity index (χ1) is 8.65. The summed E-state index contributed by atoms with van der Waals surface area (Å²) in [6, 6.07) is 7.23. The summed E-state index contributed by atoms with van der Waals surface area (Å²) < 4.78 is 0. The van der Waals surface area contributed by atoms with Gasteiger partial charge in [-0.1, -0.05) is 32.0 Å². The Labute approximate surface area is 113 Å². The Morgan fingerprint density at radius 3 is 2.83 bits per heavy atom. The fraction of sp³-hybridized carbons (Fsp3) is 0.400. The van der Waals surface area contributed by atoms with Gasteiger partial charge in [-0.2, -0.15) is 0 Å². The minimum Gasteiger partial charge on any atom is -0.310 e. The molecule has 1 N–H and O–H groups in total. The number of rotatable bonds is 5. The minimum atomic E-state index is 0.522. The smallest absolute Gasteiger partial charge is 0.0968 e. The Morgan fingerprint density at radius 2 is 2.17 bits per heavy atom. The highest BCUT2D eigenvalue weighted by atomic mass is 32.1. The predicted octanol–water partition coefficient (Wildman–Crippen LogP) is 3.54. The third-order valence-corrected chi connectivity index (χ3v) is 3.73. The minimum absolute atomic E-state index is 0.522. The average molecular weight is 260 g/mol. The Morgan fingerprint density at radius 1 is 1.33 bits per heavy atom. The van der Waals surface area contributed by atoms with Gasteiger partial charge in [0.15, 0.2) is 0 Å². The van der Waals surface area contributed by atoms with Crippen LogP contribution in [0.1, 0.15) is 35.5 Å². The highest BCUT2D eigenvalue weighted by Crippen LogP contribution is 2.17. The topological polar surface area (TPSA) is 24.9 Å². The molecule has 1 aromatic heterocycles. The lowest BCUT2D eigenvalue weighted by Crippen LogP contribution is -2.21. The fourth-order valence-electron chi connectivity index (χ4n) is 1.85. The van der Waals surface area contributed by atoms with E-state index in [-0.39, 0.29) is 0 Å². The monoisotopic (exact) mass is 260 g/mol. The van der Waals surface area contributed by atoms with Crippen LogP contribution < -0.4 is 5.32 Å². The molecule has 0 bridgehead atoms. The van der Waals surface area contributed by atoms with Crippen molar-refractivity contribution in [2.45, 2.75) is 39.8 Å². The van der Waals surface area contributed by atoms with E-state index in [0.717, 1.165) is 13.0 Å². The van der Waals surface area contributed by atoms with E-state index in [1.54, 1.807) is 11.3 Å². The standard InChI is InChI=1S/C15H20N2S/c1-11(2)17-10-13-5-4-12(3)14(8-13)9-15-16-6-7-18-15/h4-8,11,17H,9-10H2,1-3H3. The van der Waals surface area contributed by atoms with Crippen molar-refractivity contribution in [3.8, 4) is 0 Å². The Kier molecular flexibility index (Phi) is 4.50. The molecule has 0 aliphatic rings. The van der Waals surface area contributed by atoms with Gasteiger partial charge in [-0.25, -0.2) is 4.98 Å². The molecule has 0 radical (unpaired) electrons. The lowest BCUT2D eigenvalue weighted by molar-refractivity contribution is 0.588. The van der Waals surface area contributed by atoms with E-state index in [1.165, 1.54) is 21.7 Å². The molecule has 1 heterocycles. The van der Waals surface area contributed by atoms with E-state index >= 15 is 0 Å². The van der Waals surface area contributed by atoms with Crippen molar-refractivity contribution in [2.24, 2.45) is 0 Å². The number of benzene rings is 1. The summed E-state index contributed by atoms with van der Waals surface area (Å²) in [5, 5.41) is 6.68. The zero-order valence-electron chi connectivity index (χ0n) is 11.2. The number of hydrogen-bond acceptors (Lipinski definition) is 3. The van der Waals surface area contributed by atoms with Crippen LogP contribution in [0.2, 0.25) is 0 Å². The van der Waals surface area contributed by atoms with Gasteiger partial charge in [-0.3, -0.25) is 0 Å². The normalized spacial score (nSPS) is 11.1. The van der Waals surface area contributed by atoms with Crippen molar-refractivity contribution in [1.29, 1.82) is 0 Å². The maximum atomic E-state index is 4.36. The van der Waals surface area contributed by atoms with Crippen molar-refractivity contribution in [3.63, 3.8) is 0 Å². The van der Waals surface area contributed by atoms with E-state index in [9.17, 15) is 0 Å². The molecule has 1 aromatic carbocycles. The molecular formula is C15H20N2S. The zero-order chi connectivity index (χ0) is 13.0. The average Bonchev–Trinajstić information content (AvgIpc) is 2.83. The van der Waals surface area contributed by atoms with Crippen LogP contribution in [0.4, 0.5) is 0 Å². The summed E-state index contributed by atoms with van der Waals surface area (Å²) in [6.07, 6.45) is 2.82. The summed E-state index contributed by atoms with van der Waals surface area (Å²) in [5.74, 6) is 0. The highest BCUT2D eigenvalue weighted by molar-refractivity contribution is 7.09. The molecule has 0 aliphatic heterocycles. The first kappa shape index (κ1) is 13.2. The summed E-state index contributed by atoms with van der Waals surface area (Å²) in [7, 11) is 0. The molecular weight excluding hydrogens is 240 g/mol. The first-order valence-corrected chi connectivity index (χ1v) is 7.23. The van der Waals surface area contributed by atoms with Gasteiger partial charge in [0.1, 0.15) is 0 Å². The predicted molar refractivity (Wildman–Crippen MR) is 78.1 cm³/mol. The Bertz CT molecular complexity index is 489. The van der Waals surface area contributed by atoms with E-state index in [2.05, 4.69) is 49.3 Å². The van der Waals surface area contributed by atoms with Crippen molar-refractivity contribution >= 4 is 11.3 Å². The van der Waals surface area contributed by atoms with Crippen LogP contribution in [0, 0.1) is 6.92 Å². The van der Waals surface area contributed by atoms with Crippen LogP contribution in [0.5, 0.6) is 0 Å². The second-order valence-corrected chi connectivity index (χ2v) is 5.88. The van der Waals surface area contributed by atoms with Crippen LogP contribution in [0.3, 0.4) is 0 Å². The first-order valence-electron chi connectivity index (χ1n) is 6.35. The number of thiazole rings is 1. The molecule has 0 atom stereocenters. The van der Waals surface area contributed by atoms with Crippen molar-refractivity contribution < 1.29 is 0 Å². The van der Waals surface area contributed by atoms with E-state index in [0.29, 0.717) is 6.04 Å². The third kappa shape index (κ3) is 3.65. The van der Waals surface area contributed by atoms with Crippen LogP contribution >= 0.6 is 11.3 Å². The van der Waals surface area contributed by atoms with Crippen molar-refractivity contribution in [2.75, 3.05) is 0 Å². The SMILES string of the molecule is Cc1ccc(CNC(C)C)cc1Cc1nccs1. The maximum absolute atomic E-state index is 4.36. The summed E-state index contributed by atoms with van der Waals surface area (Å²) in [5.41, 5.74) is 4.08. The molecule has 0 aliphatic carbocycles. The van der Waals surface area contributed by atoms with Crippen molar-refractivity contribution in [3.05, 3.63) is 51.5 Å². The second kappa shape index (κ2) is 6.12. The maximum Gasteiger partial charge on any atom is 0.0968 e. The van der Waals surface area contributed by atoms with Crippen LogP contribution in [-0.4, -0.2) is 11.0 Å². The molecule has 0 spiro atoms. The summed E-state index contributed by atoms with van der Waals surface area (Å²) >= 11 is 1.72. The van der Waals surface area contributed by atoms with Gasteiger partial charge in [-0.05, 0) is 23.6 Å². The number of nitrogens with zero attached hydrogens (tertiary/aromatic N) is 1. The van der Waals surface area contributed by atoms with E-state index in [4.69, 9.17) is 0 Å². The van der Waals surface area contributed by atoms with Crippen molar-refractivity contribution in [1.82, 2.24) is 10.3 Å². The number of aryl methyl sites for hydroxylation is 1. The van der Waals surface area contributed by atoms with Crippen LogP contribution in [0.25, 0.3) is 0 Å². The molecule has 2 rings (SSSR count). The van der Waals surface area contributed by atoms with Gasteiger partial charge >= 0.3 is 0 Å². The highest BCUT2D eigenvalue weighted by Gasteiger charge is 2.04. The summed E-state index contributed by atoms with van der Waals surface area (Å²) in [4.78, 5) is 4.36. The molecule has 2 aromatic rings. The lowest BCUT2D eigenvalue weighted by atomic mass is 10.0. The number of hydrogen-bond donors (Lipinski definition) is 1. The van der Waals surface area contributed by atoms with Gasteiger partial charge < -0.3 is 5.32 Å². The van der Waals surface area contributed by atoms with E-state index in [1.807, 2.05) is 11.6 Å². The molecule has 0 unspecified atom stereocenters. The largest absolute Gasteiger partial charge is 0.310 e. The third-order valence-electron chi connectivity index (χ3n) is 2.95. The van der Waals surface area contributed by atoms with Gasteiger partial charge in [0.2, 0.25) is 0 Å².